The maximum atomic E-state index is 13.3. The monoisotopic (exact) mass is 331 g/mol. The van der Waals surface area contributed by atoms with Crippen molar-refractivity contribution in [2.24, 2.45) is 0 Å². The minimum atomic E-state index is -4.31. The van der Waals surface area contributed by atoms with Crippen LogP contribution < -0.4 is 10.1 Å². The molecule has 2 rings (SSSR count). The number of alkyl halides is 3. The third kappa shape index (κ3) is 4.82. The molecule has 1 saturated heterocycles. The molecule has 0 aromatic carbocycles. The number of likely N-dealkylation sites (tertiary alicyclic amines) is 1. The Morgan fingerprint density at radius 2 is 2.17 bits per heavy atom. The van der Waals surface area contributed by atoms with Crippen molar-refractivity contribution in [3.63, 3.8) is 0 Å². The minimum Gasteiger partial charge on any atom is -0.481 e. The van der Waals surface area contributed by atoms with Crippen LogP contribution in [0.5, 0.6) is 5.88 Å². The van der Waals surface area contributed by atoms with Crippen LogP contribution in [0.4, 0.5) is 13.2 Å². The van der Waals surface area contributed by atoms with Gasteiger partial charge in [-0.2, -0.15) is 13.2 Å². The fourth-order valence-electron chi connectivity index (χ4n) is 2.86. The number of halogens is 3. The van der Waals surface area contributed by atoms with Crippen molar-refractivity contribution in [3.8, 4) is 5.88 Å². The minimum absolute atomic E-state index is 0.0432. The zero-order valence-electron chi connectivity index (χ0n) is 13.1. The Bertz CT molecular complexity index is 551. The number of nitrogens with one attached hydrogen (secondary N) is 1. The molecular weight excluding hydrogens is 311 g/mol. The van der Waals surface area contributed by atoms with Gasteiger partial charge in [0.25, 0.3) is 0 Å². The largest absolute Gasteiger partial charge is 0.481 e. The molecule has 0 bridgehead atoms. The van der Waals surface area contributed by atoms with Gasteiger partial charge in [-0.25, -0.2) is 4.98 Å². The van der Waals surface area contributed by atoms with E-state index in [4.69, 9.17) is 4.74 Å². The normalized spacial score (nSPS) is 22.7. The summed E-state index contributed by atoms with van der Waals surface area (Å²) >= 11 is 0. The Kier molecular flexibility index (Phi) is 5.46. The number of amides is 1. The first kappa shape index (κ1) is 17.5. The molecule has 2 atom stereocenters. The topological polar surface area (TPSA) is 54.5 Å². The number of piperidine rings is 1. The van der Waals surface area contributed by atoms with Crippen molar-refractivity contribution in [3.05, 3.63) is 23.9 Å². The summed E-state index contributed by atoms with van der Waals surface area (Å²) in [6.45, 7) is 1.56. The lowest BCUT2D eigenvalue weighted by Crippen LogP contribution is -2.55. The first-order valence-corrected chi connectivity index (χ1v) is 7.37. The number of nitrogens with zero attached hydrogens (tertiary/aromatic N) is 2. The van der Waals surface area contributed by atoms with Gasteiger partial charge in [0, 0.05) is 32.1 Å². The summed E-state index contributed by atoms with van der Waals surface area (Å²) < 4.78 is 44.8. The number of rotatable bonds is 4. The highest BCUT2D eigenvalue weighted by Crippen LogP contribution is 2.32. The van der Waals surface area contributed by atoms with Crippen LogP contribution in [0.2, 0.25) is 0 Å². The Morgan fingerprint density at radius 3 is 2.78 bits per heavy atom. The van der Waals surface area contributed by atoms with Crippen molar-refractivity contribution < 1.29 is 22.7 Å². The van der Waals surface area contributed by atoms with Crippen LogP contribution in [0.1, 0.15) is 25.5 Å². The van der Waals surface area contributed by atoms with Gasteiger partial charge >= 0.3 is 6.18 Å². The SMILES string of the molecule is COc1cccc(CN2C[C@H](NC(C)=O)CC[C@H]2C(F)(F)F)n1. The van der Waals surface area contributed by atoms with Crippen molar-refractivity contribution >= 4 is 5.91 Å². The molecule has 0 radical (unpaired) electrons. The lowest BCUT2D eigenvalue weighted by atomic mass is 9.97. The quantitative estimate of drug-likeness (QED) is 0.918. The highest BCUT2D eigenvalue weighted by Gasteiger charge is 2.46. The second-order valence-corrected chi connectivity index (χ2v) is 5.63. The summed E-state index contributed by atoms with van der Waals surface area (Å²) in [6.07, 6.45) is -4.04. The van der Waals surface area contributed by atoms with Gasteiger partial charge in [0.1, 0.15) is 6.04 Å². The van der Waals surface area contributed by atoms with Gasteiger partial charge in [-0.05, 0) is 18.9 Å². The fourth-order valence-corrected chi connectivity index (χ4v) is 2.86. The van der Waals surface area contributed by atoms with E-state index in [0.717, 1.165) is 0 Å². The van der Waals surface area contributed by atoms with Crippen LogP contribution in [0.15, 0.2) is 18.2 Å². The number of hydrogen-bond acceptors (Lipinski definition) is 4. The molecule has 1 amide bonds. The van der Waals surface area contributed by atoms with Crippen LogP contribution in [0.3, 0.4) is 0 Å². The van der Waals surface area contributed by atoms with E-state index in [0.29, 0.717) is 18.0 Å². The molecule has 0 saturated carbocycles. The Morgan fingerprint density at radius 1 is 1.43 bits per heavy atom. The van der Waals surface area contributed by atoms with Gasteiger partial charge in [-0.3, -0.25) is 9.69 Å². The summed E-state index contributed by atoms with van der Waals surface area (Å²) in [5.41, 5.74) is 0.502. The maximum Gasteiger partial charge on any atom is 0.404 e. The van der Waals surface area contributed by atoms with E-state index in [-0.39, 0.29) is 31.5 Å². The fraction of sp³-hybridized carbons (Fsp3) is 0.600. The van der Waals surface area contributed by atoms with Crippen molar-refractivity contribution in [2.75, 3.05) is 13.7 Å². The molecule has 0 spiro atoms. The average molecular weight is 331 g/mol. The predicted octanol–water partition coefficient (Wildman–Crippen LogP) is 2.12. The van der Waals surface area contributed by atoms with E-state index in [1.165, 1.54) is 18.9 Å². The average Bonchev–Trinajstić information content (AvgIpc) is 2.45. The zero-order chi connectivity index (χ0) is 17.0. The number of carbonyl (C=O) groups excluding carboxylic acids is 1. The molecule has 1 aromatic heterocycles. The van der Waals surface area contributed by atoms with Gasteiger partial charge in [-0.15, -0.1) is 0 Å². The van der Waals surface area contributed by atoms with Gasteiger partial charge in [0.2, 0.25) is 11.8 Å². The third-order valence-electron chi connectivity index (χ3n) is 3.82. The summed E-state index contributed by atoms with van der Waals surface area (Å²) in [4.78, 5) is 16.7. The van der Waals surface area contributed by atoms with Crippen LogP contribution in [-0.4, -0.2) is 47.7 Å². The molecule has 5 nitrogen and oxygen atoms in total. The number of pyridine rings is 1. The molecule has 0 aliphatic carbocycles. The number of methoxy groups -OCH3 is 1. The predicted molar refractivity (Wildman–Crippen MR) is 77.9 cm³/mol. The van der Waals surface area contributed by atoms with E-state index in [1.807, 2.05) is 0 Å². The third-order valence-corrected chi connectivity index (χ3v) is 3.82. The summed E-state index contributed by atoms with van der Waals surface area (Å²) in [7, 11) is 1.46. The number of ether oxygens (including phenoxy) is 1. The van der Waals surface area contributed by atoms with Crippen LogP contribution in [0, 0.1) is 0 Å². The van der Waals surface area contributed by atoms with Gasteiger partial charge < -0.3 is 10.1 Å². The Labute approximate surface area is 132 Å². The molecule has 1 aromatic rings. The van der Waals surface area contributed by atoms with Gasteiger partial charge in [-0.1, -0.05) is 6.07 Å². The van der Waals surface area contributed by atoms with Crippen molar-refractivity contribution in [1.29, 1.82) is 0 Å². The van der Waals surface area contributed by atoms with Crippen LogP contribution in [0.25, 0.3) is 0 Å². The smallest absolute Gasteiger partial charge is 0.404 e. The highest BCUT2D eigenvalue weighted by molar-refractivity contribution is 5.73. The molecule has 2 heterocycles. The highest BCUT2D eigenvalue weighted by atomic mass is 19.4. The lowest BCUT2D eigenvalue weighted by molar-refractivity contribution is -0.194. The first-order chi connectivity index (χ1) is 10.8. The van der Waals surface area contributed by atoms with Gasteiger partial charge in [0.15, 0.2) is 0 Å². The summed E-state index contributed by atoms with van der Waals surface area (Å²) in [6, 6.07) is 3.19. The second kappa shape index (κ2) is 7.16. The van der Waals surface area contributed by atoms with Crippen LogP contribution in [-0.2, 0) is 11.3 Å². The van der Waals surface area contributed by atoms with Crippen molar-refractivity contribution in [1.82, 2.24) is 15.2 Å². The molecular formula is C15H20F3N3O2. The van der Waals surface area contributed by atoms with E-state index in [1.54, 1.807) is 18.2 Å². The van der Waals surface area contributed by atoms with E-state index in [2.05, 4.69) is 10.3 Å². The van der Waals surface area contributed by atoms with E-state index < -0.39 is 12.2 Å². The van der Waals surface area contributed by atoms with Crippen molar-refractivity contribution in [2.45, 2.75) is 44.6 Å². The molecule has 8 heteroatoms. The molecule has 128 valence electrons. The summed E-state index contributed by atoms with van der Waals surface area (Å²) in [5.74, 6) is 0.126. The maximum absolute atomic E-state index is 13.3. The second-order valence-electron chi connectivity index (χ2n) is 5.63. The summed E-state index contributed by atoms with van der Waals surface area (Å²) in [5, 5.41) is 2.70. The Balaban J connectivity index is 2.15. The molecule has 23 heavy (non-hydrogen) atoms. The molecule has 1 N–H and O–H groups in total. The Hall–Kier alpha value is -1.83. The standard InChI is InChI=1S/C15H20F3N3O2/c1-10(22)19-12-6-7-13(15(16,17)18)21(9-12)8-11-4-3-5-14(20-11)23-2/h3-5,12-13H,6-9H2,1-2H3,(H,19,22)/t12-,13+/m1/s1. The number of hydrogen-bond donors (Lipinski definition) is 1. The number of carbonyl (C=O) groups is 1. The molecule has 0 unspecified atom stereocenters. The lowest BCUT2D eigenvalue weighted by Gasteiger charge is -2.40. The molecule has 1 aliphatic heterocycles. The zero-order valence-corrected chi connectivity index (χ0v) is 13.1. The molecule has 1 fully saturated rings. The van der Waals surface area contributed by atoms with Gasteiger partial charge in [0.05, 0.1) is 12.8 Å². The van der Waals surface area contributed by atoms with Crippen LogP contribution >= 0.6 is 0 Å². The van der Waals surface area contributed by atoms with E-state index in [9.17, 15) is 18.0 Å². The number of aromatic nitrogens is 1. The van der Waals surface area contributed by atoms with E-state index >= 15 is 0 Å². The first-order valence-electron chi connectivity index (χ1n) is 7.37. The molecule has 1 aliphatic rings.